The Labute approximate surface area is 149 Å². The largest absolute Gasteiger partial charge is 0.448 e. The number of likely N-dealkylation sites (N-methyl/N-ethyl adjacent to an activating group) is 1. The van der Waals surface area contributed by atoms with Crippen molar-refractivity contribution in [3.8, 4) is 0 Å². The second kappa shape index (κ2) is 7.44. The van der Waals surface area contributed by atoms with Crippen LogP contribution in [0.1, 0.15) is 30.0 Å². The Balaban J connectivity index is 1.67. The maximum atomic E-state index is 13.1. The third-order valence-electron chi connectivity index (χ3n) is 5.12. The number of amides is 2. The Morgan fingerprint density at radius 3 is 2.52 bits per heavy atom. The van der Waals surface area contributed by atoms with Gasteiger partial charge >= 0.3 is 6.09 Å². The van der Waals surface area contributed by atoms with E-state index < -0.39 is 0 Å². The van der Waals surface area contributed by atoms with Crippen molar-refractivity contribution in [3.63, 3.8) is 0 Å². The summed E-state index contributed by atoms with van der Waals surface area (Å²) in [5, 5.41) is 0. The number of carbonyl (C=O) groups excluding carboxylic acids is 2. The lowest BCUT2D eigenvalue weighted by Crippen LogP contribution is -2.49. The predicted molar refractivity (Wildman–Crippen MR) is 95.3 cm³/mol. The van der Waals surface area contributed by atoms with Crippen LogP contribution in [-0.2, 0) is 9.53 Å². The summed E-state index contributed by atoms with van der Waals surface area (Å²) < 4.78 is 5.03. The van der Waals surface area contributed by atoms with Crippen molar-refractivity contribution in [2.24, 2.45) is 0 Å². The number of aryl methyl sites for hydroxylation is 1. The quantitative estimate of drug-likeness (QED) is 0.838. The van der Waals surface area contributed by atoms with Crippen LogP contribution in [0.15, 0.2) is 24.3 Å². The third kappa shape index (κ3) is 3.79. The van der Waals surface area contributed by atoms with E-state index in [2.05, 4.69) is 6.07 Å². The van der Waals surface area contributed by atoms with Gasteiger partial charge in [0.2, 0.25) is 5.91 Å². The number of cyclic esters (lactones) is 1. The van der Waals surface area contributed by atoms with Crippen LogP contribution >= 0.6 is 0 Å². The van der Waals surface area contributed by atoms with Crippen LogP contribution in [0.4, 0.5) is 4.79 Å². The van der Waals surface area contributed by atoms with Gasteiger partial charge in [-0.25, -0.2) is 4.79 Å². The highest BCUT2D eigenvalue weighted by Gasteiger charge is 2.35. The molecule has 2 heterocycles. The van der Waals surface area contributed by atoms with Gasteiger partial charge in [0, 0.05) is 19.1 Å². The van der Waals surface area contributed by atoms with Crippen molar-refractivity contribution in [3.05, 3.63) is 35.4 Å². The summed E-state index contributed by atoms with van der Waals surface area (Å²) in [6, 6.07) is 8.06. The Kier molecular flexibility index (Phi) is 5.27. The summed E-state index contributed by atoms with van der Waals surface area (Å²) in [4.78, 5) is 30.6. The highest BCUT2D eigenvalue weighted by Crippen LogP contribution is 2.26. The number of hydrogen-bond acceptors (Lipinski definition) is 4. The molecular formula is C19H27N3O3. The van der Waals surface area contributed by atoms with Crippen molar-refractivity contribution >= 4 is 12.0 Å². The number of ether oxygens (including phenoxy) is 1. The van der Waals surface area contributed by atoms with Crippen LogP contribution in [0.5, 0.6) is 0 Å². The molecular weight excluding hydrogens is 318 g/mol. The second-order valence-electron chi connectivity index (χ2n) is 7.14. The summed E-state index contributed by atoms with van der Waals surface area (Å²) in [6.45, 7) is 4.56. The number of hydrogen-bond donors (Lipinski definition) is 0. The average Bonchev–Trinajstić information content (AvgIpc) is 3.01. The Morgan fingerprint density at radius 1 is 1.24 bits per heavy atom. The smallest absolute Gasteiger partial charge is 0.410 e. The first kappa shape index (κ1) is 17.7. The Bertz CT molecular complexity index is 639. The molecule has 1 atom stereocenters. The van der Waals surface area contributed by atoms with Crippen LogP contribution in [-0.4, -0.2) is 73.1 Å². The minimum atomic E-state index is -0.270. The molecule has 136 valence electrons. The molecule has 0 bridgehead atoms. The number of benzene rings is 1. The van der Waals surface area contributed by atoms with Gasteiger partial charge in [-0.15, -0.1) is 0 Å². The normalized spacial score (nSPS) is 20.1. The average molecular weight is 345 g/mol. The number of carbonyl (C=O) groups is 2. The molecule has 2 saturated heterocycles. The van der Waals surface area contributed by atoms with Gasteiger partial charge in [0.05, 0.1) is 6.54 Å². The van der Waals surface area contributed by atoms with E-state index in [0.717, 1.165) is 24.0 Å². The van der Waals surface area contributed by atoms with Gasteiger partial charge in [0.25, 0.3) is 0 Å². The molecule has 2 amide bonds. The van der Waals surface area contributed by atoms with Gasteiger partial charge in [0.15, 0.2) is 0 Å². The third-order valence-corrected chi connectivity index (χ3v) is 5.12. The topological polar surface area (TPSA) is 53.1 Å². The molecule has 0 N–H and O–H groups in total. The monoisotopic (exact) mass is 345 g/mol. The van der Waals surface area contributed by atoms with E-state index in [0.29, 0.717) is 26.2 Å². The first-order valence-electron chi connectivity index (χ1n) is 8.92. The first-order chi connectivity index (χ1) is 12.0. The molecule has 2 fully saturated rings. The fraction of sp³-hybridized carbons (Fsp3) is 0.579. The number of rotatable bonds is 4. The van der Waals surface area contributed by atoms with Gasteiger partial charge in [-0.2, -0.15) is 0 Å². The molecule has 0 saturated carbocycles. The van der Waals surface area contributed by atoms with Crippen LogP contribution in [0.25, 0.3) is 0 Å². The molecule has 0 aliphatic carbocycles. The lowest BCUT2D eigenvalue weighted by molar-refractivity contribution is -0.137. The van der Waals surface area contributed by atoms with Gasteiger partial charge < -0.3 is 14.5 Å². The first-order valence-corrected chi connectivity index (χ1v) is 8.92. The summed E-state index contributed by atoms with van der Waals surface area (Å²) >= 11 is 0. The second-order valence-corrected chi connectivity index (χ2v) is 7.14. The molecule has 0 spiro atoms. The lowest BCUT2D eigenvalue weighted by Gasteiger charge is -2.38. The zero-order valence-electron chi connectivity index (χ0n) is 15.3. The van der Waals surface area contributed by atoms with E-state index in [1.54, 1.807) is 0 Å². The van der Waals surface area contributed by atoms with Gasteiger partial charge in [-0.3, -0.25) is 9.69 Å². The lowest BCUT2D eigenvalue weighted by atomic mass is 9.99. The van der Waals surface area contributed by atoms with Crippen molar-refractivity contribution in [1.82, 2.24) is 14.7 Å². The summed E-state index contributed by atoms with van der Waals surface area (Å²) in [5.41, 5.74) is 2.18. The predicted octanol–water partition coefficient (Wildman–Crippen LogP) is 2.04. The van der Waals surface area contributed by atoms with Crippen molar-refractivity contribution in [2.45, 2.75) is 31.8 Å². The standard InChI is InChI=1S/C19H27N3O3/c1-14-5-4-6-15(13-14)17(20(2)3)18(23)21-9-7-16(8-10-21)22-11-12-25-19(22)24/h4-6,13,16-17H,7-12H2,1-3H3/t17-/m0/s1. The van der Waals surface area contributed by atoms with E-state index in [1.165, 1.54) is 0 Å². The zero-order chi connectivity index (χ0) is 18.0. The van der Waals surface area contributed by atoms with Gasteiger partial charge in [-0.05, 0) is 39.4 Å². The van der Waals surface area contributed by atoms with Crippen molar-refractivity contribution < 1.29 is 14.3 Å². The maximum absolute atomic E-state index is 13.1. The molecule has 0 unspecified atom stereocenters. The highest BCUT2D eigenvalue weighted by molar-refractivity contribution is 5.83. The molecule has 3 rings (SSSR count). The molecule has 6 heteroatoms. The minimum Gasteiger partial charge on any atom is -0.448 e. The van der Waals surface area contributed by atoms with Crippen molar-refractivity contribution in [1.29, 1.82) is 0 Å². The van der Waals surface area contributed by atoms with Crippen molar-refractivity contribution in [2.75, 3.05) is 40.3 Å². The molecule has 1 aromatic rings. The molecule has 0 aromatic heterocycles. The molecule has 2 aliphatic heterocycles. The van der Waals surface area contributed by atoms with Crippen LogP contribution in [0.2, 0.25) is 0 Å². The number of nitrogens with zero attached hydrogens (tertiary/aromatic N) is 3. The highest BCUT2D eigenvalue weighted by atomic mass is 16.6. The Morgan fingerprint density at radius 2 is 1.96 bits per heavy atom. The van der Waals surface area contributed by atoms with E-state index in [4.69, 9.17) is 4.74 Å². The zero-order valence-corrected chi connectivity index (χ0v) is 15.3. The summed E-state index contributed by atoms with van der Waals surface area (Å²) in [6.07, 6.45) is 1.42. The molecule has 25 heavy (non-hydrogen) atoms. The molecule has 1 aromatic carbocycles. The Hall–Kier alpha value is -2.08. The molecule has 2 aliphatic rings. The van der Waals surface area contributed by atoms with E-state index >= 15 is 0 Å². The van der Waals surface area contributed by atoms with Gasteiger partial charge in [0.1, 0.15) is 12.6 Å². The summed E-state index contributed by atoms with van der Waals surface area (Å²) in [7, 11) is 3.88. The van der Waals surface area contributed by atoms with Gasteiger partial charge in [-0.1, -0.05) is 29.8 Å². The SMILES string of the molecule is Cc1cccc([C@@H](C(=O)N2CCC(N3CCOC3=O)CC2)N(C)C)c1. The molecule has 6 nitrogen and oxygen atoms in total. The maximum Gasteiger partial charge on any atom is 0.410 e. The van der Waals surface area contributed by atoms with Crippen LogP contribution in [0.3, 0.4) is 0 Å². The fourth-order valence-corrected chi connectivity index (χ4v) is 3.81. The fourth-order valence-electron chi connectivity index (χ4n) is 3.81. The number of piperidine rings is 1. The van der Waals surface area contributed by atoms with E-state index in [-0.39, 0.29) is 24.1 Å². The number of likely N-dealkylation sites (tertiary alicyclic amines) is 1. The van der Waals surface area contributed by atoms with E-state index in [1.807, 2.05) is 53.9 Å². The molecule has 0 radical (unpaired) electrons. The van der Waals surface area contributed by atoms with Crippen LogP contribution in [0, 0.1) is 6.92 Å². The summed E-state index contributed by atoms with van der Waals surface area (Å²) in [5.74, 6) is 0.137. The minimum absolute atomic E-state index is 0.137. The van der Waals surface area contributed by atoms with E-state index in [9.17, 15) is 9.59 Å². The van der Waals surface area contributed by atoms with Crippen LogP contribution < -0.4 is 0 Å².